The van der Waals surface area contributed by atoms with E-state index in [-0.39, 0.29) is 17.9 Å². The second-order valence-corrected chi connectivity index (χ2v) is 11.6. The van der Waals surface area contributed by atoms with Crippen LogP contribution in [0.3, 0.4) is 0 Å². The Labute approximate surface area is 233 Å². The molecule has 2 aliphatic heterocycles. The fourth-order valence-electron chi connectivity index (χ4n) is 6.41. The van der Waals surface area contributed by atoms with Gasteiger partial charge in [0, 0.05) is 48.6 Å². The number of amides is 1. The SMILES string of the molecule is CCCC1CCN(C2CC=C(c3cnc(-c4ccc(CC(NC)C(=O)N5CC(C=O)C5)cc4)nc3)CC2)CC1. The number of hydrogen-bond acceptors (Lipinski definition) is 6. The van der Waals surface area contributed by atoms with Gasteiger partial charge in [-0.1, -0.05) is 50.1 Å². The van der Waals surface area contributed by atoms with Crippen LogP contribution in [0.1, 0.15) is 63.0 Å². The second kappa shape index (κ2) is 13.0. The normalized spacial score (nSPS) is 21.7. The Hall–Kier alpha value is -2.90. The lowest BCUT2D eigenvalue weighted by Gasteiger charge is -2.39. The molecule has 1 N–H and O–H groups in total. The fraction of sp³-hybridized carbons (Fsp3) is 0.562. The van der Waals surface area contributed by atoms with Crippen LogP contribution in [0.5, 0.6) is 0 Å². The van der Waals surface area contributed by atoms with E-state index in [0.717, 1.165) is 47.6 Å². The highest BCUT2D eigenvalue weighted by Crippen LogP contribution is 2.32. The summed E-state index contributed by atoms with van der Waals surface area (Å²) >= 11 is 0. The summed E-state index contributed by atoms with van der Waals surface area (Å²) in [7, 11) is 1.81. The standard InChI is InChI=1S/C32H43N5O2/c1-3-4-23-13-15-36(16-14-23)29-11-9-26(10-12-29)28-18-34-31(35-19-28)27-7-5-24(6-8-27)17-30(33-2)32(39)37-20-25(21-37)22-38/h5-9,18-19,22-23,25,29-30,33H,3-4,10-17,20-21H2,1-2H3. The van der Waals surface area contributed by atoms with Crippen molar-refractivity contribution in [3.63, 3.8) is 0 Å². The van der Waals surface area contributed by atoms with E-state index < -0.39 is 0 Å². The second-order valence-electron chi connectivity index (χ2n) is 11.6. The van der Waals surface area contributed by atoms with Crippen LogP contribution < -0.4 is 5.32 Å². The number of rotatable bonds is 10. The van der Waals surface area contributed by atoms with Crippen LogP contribution in [0.15, 0.2) is 42.7 Å². The number of carbonyl (C=O) groups excluding carboxylic acids is 2. The monoisotopic (exact) mass is 529 g/mol. The maximum Gasteiger partial charge on any atom is 0.240 e. The Kier molecular flexibility index (Phi) is 9.20. The summed E-state index contributed by atoms with van der Waals surface area (Å²) in [5.74, 6) is 1.70. The van der Waals surface area contributed by atoms with Crippen LogP contribution in [0, 0.1) is 11.8 Å². The molecule has 2 fully saturated rings. The number of allylic oxidation sites excluding steroid dienone is 1. The minimum Gasteiger partial charge on any atom is -0.340 e. The van der Waals surface area contributed by atoms with Gasteiger partial charge in [-0.25, -0.2) is 9.97 Å². The van der Waals surface area contributed by atoms with Gasteiger partial charge in [-0.2, -0.15) is 0 Å². The number of hydrogen-bond donors (Lipinski definition) is 1. The topological polar surface area (TPSA) is 78.4 Å². The van der Waals surface area contributed by atoms with E-state index in [1.54, 1.807) is 4.90 Å². The highest BCUT2D eigenvalue weighted by atomic mass is 16.2. The Bertz CT molecular complexity index is 1130. The molecule has 0 saturated carbocycles. The maximum absolute atomic E-state index is 12.7. The van der Waals surface area contributed by atoms with Crippen LogP contribution in [0.2, 0.25) is 0 Å². The summed E-state index contributed by atoms with van der Waals surface area (Å²) in [5, 5.41) is 3.13. The zero-order valence-corrected chi connectivity index (χ0v) is 23.5. The molecule has 208 valence electrons. The van der Waals surface area contributed by atoms with Gasteiger partial charge in [-0.3, -0.25) is 4.79 Å². The van der Waals surface area contributed by atoms with E-state index in [1.807, 2.05) is 43.7 Å². The number of carbonyl (C=O) groups is 2. The Morgan fingerprint density at radius 1 is 1.08 bits per heavy atom. The van der Waals surface area contributed by atoms with E-state index in [2.05, 4.69) is 33.2 Å². The molecule has 5 rings (SSSR count). The van der Waals surface area contributed by atoms with Gasteiger partial charge < -0.3 is 19.9 Å². The molecule has 7 heteroatoms. The molecule has 0 radical (unpaired) electrons. The minimum atomic E-state index is -0.296. The van der Waals surface area contributed by atoms with Gasteiger partial charge >= 0.3 is 0 Å². The lowest BCUT2D eigenvalue weighted by atomic mass is 9.87. The zero-order valence-electron chi connectivity index (χ0n) is 23.5. The van der Waals surface area contributed by atoms with Gasteiger partial charge in [0.1, 0.15) is 6.29 Å². The number of nitrogens with one attached hydrogen (secondary N) is 1. The van der Waals surface area contributed by atoms with Crippen LogP contribution >= 0.6 is 0 Å². The van der Waals surface area contributed by atoms with Gasteiger partial charge in [-0.15, -0.1) is 0 Å². The number of aromatic nitrogens is 2. The van der Waals surface area contributed by atoms with Crippen molar-refractivity contribution in [3.8, 4) is 11.4 Å². The summed E-state index contributed by atoms with van der Waals surface area (Å²) in [6.07, 6.45) is 16.8. The Morgan fingerprint density at radius 3 is 2.38 bits per heavy atom. The molecule has 39 heavy (non-hydrogen) atoms. The highest BCUT2D eigenvalue weighted by Gasteiger charge is 2.33. The van der Waals surface area contributed by atoms with Crippen molar-refractivity contribution in [2.75, 3.05) is 33.2 Å². The molecule has 3 heterocycles. The van der Waals surface area contributed by atoms with Gasteiger partial charge in [-0.05, 0) is 75.7 Å². The number of aldehydes is 1. The molecular formula is C32H43N5O2. The minimum absolute atomic E-state index is 0.0124. The molecule has 2 atom stereocenters. The van der Waals surface area contributed by atoms with Crippen molar-refractivity contribution in [1.29, 1.82) is 0 Å². The molecule has 1 aromatic heterocycles. The van der Waals surface area contributed by atoms with E-state index in [9.17, 15) is 9.59 Å². The summed E-state index contributed by atoms with van der Waals surface area (Å²) < 4.78 is 0. The van der Waals surface area contributed by atoms with Crippen molar-refractivity contribution in [1.82, 2.24) is 25.1 Å². The third-order valence-corrected chi connectivity index (χ3v) is 8.98. The van der Waals surface area contributed by atoms with Crippen molar-refractivity contribution in [2.24, 2.45) is 11.8 Å². The lowest BCUT2D eigenvalue weighted by molar-refractivity contribution is -0.141. The third kappa shape index (κ3) is 6.64. The Morgan fingerprint density at radius 2 is 1.79 bits per heavy atom. The molecule has 1 aliphatic carbocycles. The lowest BCUT2D eigenvalue weighted by Crippen LogP contribution is -2.56. The molecule has 0 spiro atoms. The Balaban J connectivity index is 1.14. The van der Waals surface area contributed by atoms with E-state index in [0.29, 0.717) is 25.6 Å². The first-order valence-corrected chi connectivity index (χ1v) is 14.8. The molecule has 2 unspecified atom stereocenters. The van der Waals surface area contributed by atoms with Gasteiger partial charge in [0.05, 0.1) is 6.04 Å². The van der Waals surface area contributed by atoms with Crippen LogP contribution in [0.25, 0.3) is 17.0 Å². The van der Waals surface area contributed by atoms with Crippen molar-refractivity contribution < 1.29 is 9.59 Å². The predicted octanol–water partition coefficient (Wildman–Crippen LogP) is 4.38. The first-order chi connectivity index (χ1) is 19.1. The van der Waals surface area contributed by atoms with E-state index >= 15 is 0 Å². The average Bonchev–Trinajstić information content (AvgIpc) is 2.96. The number of benzene rings is 1. The molecule has 0 bridgehead atoms. The van der Waals surface area contributed by atoms with Crippen molar-refractivity contribution >= 4 is 17.8 Å². The average molecular weight is 530 g/mol. The number of likely N-dealkylation sites (N-methyl/N-ethyl adjacent to an activating group) is 1. The first kappa shape index (κ1) is 27.7. The van der Waals surface area contributed by atoms with E-state index in [4.69, 9.17) is 0 Å². The number of nitrogens with zero attached hydrogens (tertiary/aromatic N) is 4. The van der Waals surface area contributed by atoms with Crippen molar-refractivity contribution in [2.45, 2.75) is 70.4 Å². The van der Waals surface area contributed by atoms with Crippen LogP contribution in [-0.4, -0.2) is 77.3 Å². The summed E-state index contributed by atoms with van der Waals surface area (Å²) in [4.78, 5) is 37.4. The molecule has 3 aliphatic rings. The van der Waals surface area contributed by atoms with Gasteiger partial charge in [0.15, 0.2) is 5.82 Å². The summed E-state index contributed by atoms with van der Waals surface area (Å²) in [5.41, 5.74) is 4.55. The number of piperidine rings is 1. The molecular weight excluding hydrogens is 486 g/mol. The number of likely N-dealkylation sites (tertiary alicyclic amines) is 2. The molecule has 2 saturated heterocycles. The van der Waals surface area contributed by atoms with Crippen LogP contribution in [0.4, 0.5) is 0 Å². The molecule has 1 amide bonds. The zero-order chi connectivity index (χ0) is 27.2. The van der Waals surface area contributed by atoms with Gasteiger partial charge in [0.2, 0.25) is 5.91 Å². The third-order valence-electron chi connectivity index (χ3n) is 8.98. The predicted molar refractivity (Wildman–Crippen MR) is 155 cm³/mol. The first-order valence-electron chi connectivity index (χ1n) is 14.8. The van der Waals surface area contributed by atoms with Crippen molar-refractivity contribution in [3.05, 3.63) is 53.9 Å². The largest absolute Gasteiger partial charge is 0.340 e. The molecule has 7 nitrogen and oxygen atoms in total. The van der Waals surface area contributed by atoms with Gasteiger partial charge in [0.25, 0.3) is 0 Å². The smallest absolute Gasteiger partial charge is 0.240 e. The molecule has 2 aromatic rings. The quantitative estimate of drug-likeness (QED) is 0.460. The molecule has 1 aromatic carbocycles. The van der Waals surface area contributed by atoms with E-state index in [1.165, 1.54) is 50.8 Å². The van der Waals surface area contributed by atoms with Crippen LogP contribution in [-0.2, 0) is 16.0 Å². The fourth-order valence-corrected chi connectivity index (χ4v) is 6.41. The highest BCUT2D eigenvalue weighted by molar-refractivity contribution is 5.84. The summed E-state index contributed by atoms with van der Waals surface area (Å²) in [6, 6.07) is 8.54. The summed E-state index contributed by atoms with van der Waals surface area (Å²) in [6.45, 7) is 5.90. The maximum atomic E-state index is 12.7.